The Kier molecular flexibility index (Phi) is 3.37. The second-order valence-corrected chi connectivity index (χ2v) is 4.31. The Morgan fingerprint density at radius 2 is 2.00 bits per heavy atom. The maximum atomic E-state index is 5.76. The van der Waals surface area contributed by atoms with Crippen molar-refractivity contribution in [2.45, 2.75) is 0 Å². The molecule has 2 aromatic rings. The Bertz CT molecular complexity index is 434. The van der Waals surface area contributed by atoms with Crippen molar-refractivity contribution in [1.29, 1.82) is 0 Å². The lowest BCUT2D eigenvalue weighted by Gasteiger charge is -1.98. The molecule has 0 saturated heterocycles. The van der Waals surface area contributed by atoms with Crippen LogP contribution in [0.4, 0.5) is 5.69 Å². The van der Waals surface area contributed by atoms with Crippen LogP contribution in [0.2, 0.25) is 5.02 Å². The summed E-state index contributed by atoms with van der Waals surface area (Å²) >= 11 is 7.41. The first-order valence-electron chi connectivity index (χ1n) is 4.43. The zero-order valence-electron chi connectivity index (χ0n) is 7.85. The van der Waals surface area contributed by atoms with Crippen LogP contribution in [0.25, 0.3) is 0 Å². The minimum Gasteiger partial charge on any atom is -0.278 e. The van der Waals surface area contributed by atoms with Crippen molar-refractivity contribution in [2.24, 2.45) is 5.10 Å². The van der Waals surface area contributed by atoms with Gasteiger partial charge >= 0.3 is 0 Å². The van der Waals surface area contributed by atoms with Crippen molar-refractivity contribution >= 4 is 34.8 Å². The van der Waals surface area contributed by atoms with Gasteiger partial charge in [0.05, 0.1) is 11.9 Å². The molecule has 0 aliphatic carbocycles. The summed E-state index contributed by atoms with van der Waals surface area (Å²) in [5.41, 5.74) is 3.85. The predicted octanol–water partition coefficient (Wildman–Crippen LogP) is 3.85. The highest BCUT2D eigenvalue weighted by molar-refractivity contribution is 7.11. The molecule has 0 unspecified atom stereocenters. The Balaban J connectivity index is 1.96. The van der Waals surface area contributed by atoms with E-state index < -0.39 is 0 Å². The molecule has 2 nitrogen and oxygen atoms in total. The van der Waals surface area contributed by atoms with Crippen molar-refractivity contribution in [2.75, 3.05) is 5.43 Å². The fourth-order valence-electron chi connectivity index (χ4n) is 1.06. The fraction of sp³-hybridized carbons (Fsp3) is 0. The molecule has 0 fully saturated rings. The molecule has 0 amide bonds. The molecule has 0 bridgehead atoms. The smallest absolute Gasteiger partial charge is 0.0644 e. The van der Waals surface area contributed by atoms with Crippen LogP contribution in [0.1, 0.15) is 4.88 Å². The number of anilines is 1. The second-order valence-electron chi connectivity index (χ2n) is 2.89. The van der Waals surface area contributed by atoms with Crippen molar-refractivity contribution in [3.05, 3.63) is 51.7 Å². The van der Waals surface area contributed by atoms with Crippen LogP contribution < -0.4 is 5.43 Å². The number of hydrazone groups is 1. The molecule has 1 N–H and O–H groups in total. The van der Waals surface area contributed by atoms with Crippen LogP contribution in [0.3, 0.4) is 0 Å². The summed E-state index contributed by atoms with van der Waals surface area (Å²) < 4.78 is 0. The van der Waals surface area contributed by atoms with E-state index in [2.05, 4.69) is 10.5 Å². The molecule has 0 radical (unpaired) electrons. The van der Waals surface area contributed by atoms with Crippen LogP contribution in [0.5, 0.6) is 0 Å². The van der Waals surface area contributed by atoms with E-state index in [1.807, 2.05) is 41.8 Å². The molecule has 4 heteroatoms. The lowest BCUT2D eigenvalue weighted by Crippen LogP contribution is -1.88. The molecule has 2 rings (SSSR count). The van der Waals surface area contributed by atoms with Crippen LogP contribution in [-0.2, 0) is 0 Å². The summed E-state index contributed by atoms with van der Waals surface area (Å²) in [6.45, 7) is 0. The number of hydrogen-bond donors (Lipinski definition) is 1. The number of thiophene rings is 1. The highest BCUT2D eigenvalue weighted by atomic mass is 35.5. The molecule has 0 aliphatic heterocycles. The topological polar surface area (TPSA) is 24.4 Å². The molecule has 15 heavy (non-hydrogen) atoms. The molecule has 0 atom stereocenters. The fourth-order valence-corrected chi connectivity index (χ4v) is 1.77. The summed E-state index contributed by atoms with van der Waals surface area (Å²) in [6.07, 6.45) is 1.79. The average Bonchev–Trinajstić information content (AvgIpc) is 2.74. The van der Waals surface area contributed by atoms with Gasteiger partial charge in [-0.1, -0.05) is 17.7 Å². The maximum Gasteiger partial charge on any atom is 0.0644 e. The van der Waals surface area contributed by atoms with Gasteiger partial charge in [0.1, 0.15) is 0 Å². The average molecular weight is 237 g/mol. The molecule has 0 saturated carbocycles. The Morgan fingerprint density at radius 3 is 2.67 bits per heavy atom. The van der Waals surface area contributed by atoms with Gasteiger partial charge in [-0.3, -0.25) is 5.43 Å². The highest BCUT2D eigenvalue weighted by Crippen LogP contribution is 2.13. The first-order valence-corrected chi connectivity index (χ1v) is 5.68. The van der Waals surface area contributed by atoms with Crippen molar-refractivity contribution in [3.63, 3.8) is 0 Å². The van der Waals surface area contributed by atoms with Gasteiger partial charge in [-0.2, -0.15) is 5.10 Å². The van der Waals surface area contributed by atoms with E-state index in [1.54, 1.807) is 17.6 Å². The van der Waals surface area contributed by atoms with E-state index in [4.69, 9.17) is 11.6 Å². The molecule has 1 heterocycles. The van der Waals surface area contributed by atoms with E-state index in [1.165, 1.54) is 0 Å². The molecular formula is C11H9ClN2S. The van der Waals surface area contributed by atoms with Crippen molar-refractivity contribution in [1.82, 2.24) is 0 Å². The lowest BCUT2D eigenvalue weighted by molar-refractivity contribution is 1.35. The Labute approximate surface area is 97.2 Å². The van der Waals surface area contributed by atoms with E-state index >= 15 is 0 Å². The summed E-state index contributed by atoms with van der Waals surface area (Å²) in [7, 11) is 0. The third-order valence-electron chi connectivity index (χ3n) is 1.77. The van der Waals surface area contributed by atoms with Crippen molar-refractivity contribution in [3.8, 4) is 0 Å². The Hall–Kier alpha value is -1.32. The summed E-state index contributed by atoms with van der Waals surface area (Å²) in [4.78, 5) is 1.12. The molecule has 76 valence electrons. The van der Waals surface area contributed by atoms with Gasteiger partial charge < -0.3 is 0 Å². The number of nitrogens with zero attached hydrogens (tertiary/aromatic N) is 1. The first-order chi connectivity index (χ1) is 7.34. The van der Waals surface area contributed by atoms with Gasteiger partial charge in [0.15, 0.2) is 0 Å². The first kappa shape index (κ1) is 10.2. The Morgan fingerprint density at radius 1 is 1.20 bits per heavy atom. The van der Waals surface area contributed by atoms with Gasteiger partial charge in [-0.15, -0.1) is 11.3 Å². The summed E-state index contributed by atoms with van der Waals surface area (Å²) in [6, 6.07) is 11.4. The monoisotopic (exact) mass is 236 g/mol. The van der Waals surface area contributed by atoms with Gasteiger partial charge in [-0.25, -0.2) is 0 Å². The molecule has 0 aliphatic rings. The van der Waals surface area contributed by atoms with E-state index in [0.29, 0.717) is 0 Å². The molecule has 1 aromatic heterocycles. The third-order valence-corrected chi connectivity index (χ3v) is 2.83. The standard InChI is InChI=1S/C11H9ClN2S/c12-9-3-5-10(6-4-9)14-13-8-11-2-1-7-15-11/h1-8,14H/b13-8+. The van der Waals surface area contributed by atoms with Gasteiger partial charge in [-0.05, 0) is 35.7 Å². The zero-order valence-corrected chi connectivity index (χ0v) is 9.42. The quantitative estimate of drug-likeness (QED) is 0.635. The molecular weight excluding hydrogens is 228 g/mol. The van der Waals surface area contributed by atoms with Gasteiger partial charge in [0.25, 0.3) is 0 Å². The lowest BCUT2D eigenvalue weighted by atomic mass is 10.3. The molecule has 0 spiro atoms. The minimum atomic E-state index is 0.725. The third kappa shape index (κ3) is 3.08. The highest BCUT2D eigenvalue weighted by Gasteiger charge is 1.89. The van der Waals surface area contributed by atoms with E-state index in [-0.39, 0.29) is 0 Å². The van der Waals surface area contributed by atoms with Crippen LogP contribution in [-0.4, -0.2) is 6.21 Å². The number of nitrogens with one attached hydrogen (secondary N) is 1. The van der Waals surface area contributed by atoms with Gasteiger partial charge in [0, 0.05) is 9.90 Å². The molecule has 1 aromatic carbocycles. The largest absolute Gasteiger partial charge is 0.278 e. The number of benzene rings is 1. The number of rotatable bonds is 3. The summed E-state index contributed by atoms with van der Waals surface area (Å²) in [5, 5.41) is 6.85. The summed E-state index contributed by atoms with van der Waals surface area (Å²) in [5.74, 6) is 0. The van der Waals surface area contributed by atoms with Crippen LogP contribution in [0.15, 0.2) is 46.9 Å². The normalized spacial score (nSPS) is 10.7. The predicted molar refractivity (Wildman–Crippen MR) is 67.0 cm³/mol. The number of halogens is 1. The maximum absolute atomic E-state index is 5.76. The van der Waals surface area contributed by atoms with Crippen LogP contribution >= 0.6 is 22.9 Å². The van der Waals surface area contributed by atoms with E-state index in [9.17, 15) is 0 Å². The second kappa shape index (κ2) is 4.96. The van der Waals surface area contributed by atoms with E-state index in [0.717, 1.165) is 15.6 Å². The minimum absolute atomic E-state index is 0.725. The van der Waals surface area contributed by atoms with Crippen LogP contribution in [0, 0.1) is 0 Å². The van der Waals surface area contributed by atoms with Crippen molar-refractivity contribution < 1.29 is 0 Å². The number of hydrogen-bond acceptors (Lipinski definition) is 3. The SMILES string of the molecule is Clc1ccc(N/N=C/c2cccs2)cc1. The van der Waals surface area contributed by atoms with Gasteiger partial charge in [0.2, 0.25) is 0 Å². The zero-order chi connectivity index (χ0) is 10.5.